The molecule has 3 N–H and O–H groups in total. The van der Waals surface area contributed by atoms with E-state index in [9.17, 15) is 0 Å². The average molecular weight is 315 g/mol. The first-order valence-electron chi connectivity index (χ1n) is 7.15. The summed E-state index contributed by atoms with van der Waals surface area (Å²) in [5.41, 5.74) is 3.93. The van der Waals surface area contributed by atoms with Crippen LogP contribution >= 0.6 is 23.4 Å². The SMILES string of the molecule is COc1ccc(Cl)cc1C(CSC1CCCCC1)NN. The lowest BCUT2D eigenvalue weighted by Gasteiger charge is -2.24. The summed E-state index contributed by atoms with van der Waals surface area (Å²) in [6, 6.07) is 5.74. The number of ether oxygens (including phenoxy) is 1. The van der Waals surface area contributed by atoms with Gasteiger partial charge < -0.3 is 4.74 Å². The quantitative estimate of drug-likeness (QED) is 0.617. The van der Waals surface area contributed by atoms with Gasteiger partial charge in [0.1, 0.15) is 5.75 Å². The molecule has 1 fully saturated rings. The maximum Gasteiger partial charge on any atom is 0.123 e. The van der Waals surface area contributed by atoms with Gasteiger partial charge in [0.25, 0.3) is 0 Å². The number of nitrogens with one attached hydrogen (secondary N) is 1. The number of rotatable bonds is 6. The van der Waals surface area contributed by atoms with Crippen LogP contribution in [0.2, 0.25) is 5.02 Å². The van der Waals surface area contributed by atoms with E-state index in [-0.39, 0.29) is 6.04 Å². The first-order valence-corrected chi connectivity index (χ1v) is 8.58. The Balaban J connectivity index is 2.01. The van der Waals surface area contributed by atoms with Crippen molar-refractivity contribution in [2.75, 3.05) is 12.9 Å². The highest BCUT2D eigenvalue weighted by Gasteiger charge is 2.19. The topological polar surface area (TPSA) is 47.3 Å². The molecule has 5 heteroatoms. The molecule has 0 radical (unpaired) electrons. The van der Waals surface area contributed by atoms with Crippen LogP contribution in [-0.2, 0) is 0 Å². The number of methoxy groups -OCH3 is 1. The molecule has 0 heterocycles. The van der Waals surface area contributed by atoms with Crippen LogP contribution in [0.1, 0.15) is 43.7 Å². The third-order valence-electron chi connectivity index (χ3n) is 3.82. The van der Waals surface area contributed by atoms with Crippen molar-refractivity contribution in [2.45, 2.75) is 43.4 Å². The molecule has 112 valence electrons. The minimum atomic E-state index is 0.0653. The number of nitrogens with two attached hydrogens (primary N) is 1. The molecule has 1 saturated carbocycles. The molecule has 1 atom stereocenters. The Hall–Kier alpha value is -0.420. The van der Waals surface area contributed by atoms with E-state index in [0.29, 0.717) is 5.02 Å². The zero-order valence-electron chi connectivity index (χ0n) is 11.9. The first-order chi connectivity index (χ1) is 9.74. The number of benzene rings is 1. The lowest BCUT2D eigenvalue weighted by molar-refractivity contribution is 0.403. The fourth-order valence-electron chi connectivity index (χ4n) is 2.67. The predicted molar refractivity (Wildman–Crippen MR) is 87.4 cm³/mol. The van der Waals surface area contributed by atoms with Gasteiger partial charge in [-0.05, 0) is 31.0 Å². The molecule has 0 amide bonds. The minimum absolute atomic E-state index is 0.0653. The monoisotopic (exact) mass is 314 g/mol. The molecule has 0 aliphatic heterocycles. The number of hydrogen-bond donors (Lipinski definition) is 2. The maximum atomic E-state index is 6.09. The number of halogens is 1. The van der Waals surface area contributed by atoms with Gasteiger partial charge in [0.05, 0.1) is 13.2 Å². The van der Waals surface area contributed by atoms with Gasteiger partial charge in [-0.25, -0.2) is 0 Å². The Morgan fingerprint density at radius 3 is 2.80 bits per heavy atom. The second-order valence-electron chi connectivity index (χ2n) is 5.20. The number of hydrazine groups is 1. The molecule has 0 aromatic heterocycles. The van der Waals surface area contributed by atoms with Crippen LogP contribution in [0.3, 0.4) is 0 Å². The van der Waals surface area contributed by atoms with Crippen molar-refractivity contribution in [2.24, 2.45) is 5.84 Å². The lowest BCUT2D eigenvalue weighted by atomic mass is 10.0. The molecule has 1 unspecified atom stereocenters. The number of hydrogen-bond acceptors (Lipinski definition) is 4. The van der Waals surface area contributed by atoms with Crippen molar-refractivity contribution in [1.29, 1.82) is 0 Å². The zero-order valence-corrected chi connectivity index (χ0v) is 13.5. The van der Waals surface area contributed by atoms with E-state index in [1.165, 1.54) is 32.1 Å². The fraction of sp³-hybridized carbons (Fsp3) is 0.600. The van der Waals surface area contributed by atoms with Gasteiger partial charge >= 0.3 is 0 Å². The molecule has 0 spiro atoms. The normalized spacial score (nSPS) is 17.9. The zero-order chi connectivity index (χ0) is 14.4. The second-order valence-corrected chi connectivity index (χ2v) is 6.97. The fourth-order valence-corrected chi connectivity index (χ4v) is 4.26. The Labute approximate surface area is 130 Å². The van der Waals surface area contributed by atoms with Crippen molar-refractivity contribution in [3.05, 3.63) is 28.8 Å². The van der Waals surface area contributed by atoms with Crippen molar-refractivity contribution < 1.29 is 4.74 Å². The van der Waals surface area contributed by atoms with Crippen LogP contribution in [0.15, 0.2) is 18.2 Å². The molecule has 1 aromatic carbocycles. The summed E-state index contributed by atoms with van der Waals surface area (Å²) >= 11 is 8.10. The Morgan fingerprint density at radius 1 is 1.40 bits per heavy atom. The largest absolute Gasteiger partial charge is 0.496 e. The van der Waals surface area contributed by atoms with E-state index < -0.39 is 0 Å². The van der Waals surface area contributed by atoms with Crippen LogP contribution in [0.25, 0.3) is 0 Å². The van der Waals surface area contributed by atoms with Crippen molar-refractivity contribution in [3.8, 4) is 5.75 Å². The summed E-state index contributed by atoms with van der Waals surface area (Å²) in [6.45, 7) is 0. The van der Waals surface area contributed by atoms with Crippen LogP contribution in [0.4, 0.5) is 0 Å². The van der Waals surface area contributed by atoms with Crippen LogP contribution in [0.5, 0.6) is 5.75 Å². The highest BCUT2D eigenvalue weighted by Crippen LogP contribution is 2.34. The lowest BCUT2D eigenvalue weighted by Crippen LogP contribution is -2.30. The van der Waals surface area contributed by atoms with Gasteiger partial charge in [0, 0.05) is 21.6 Å². The summed E-state index contributed by atoms with van der Waals surface area (Å²) in [4.78, 5) is 0. The highest BCUT2D eigenvalue weighted by atomic mass is 35.5. The van der Waals surface area contributed by atoms with Gasteiger partial charge in [0.2, 0.25) is 0 Å². The molecule has 20 heavy (non-hydrogen) atoms. The maximum absolute atomic E-state index is 6.09. The van der Waals surface area contributed by atoms with E-state index in [0.717, 1.165) is 22.3 Å². The third kappa shape index (κ3) is 4.29. The van der Waals surface area contributed by atoms with Crippen molar-refractivity contribution in [3.63, 3.8) is 0 Å². The predicted octanol–water partition coefficient (Wildman–Crippen LogP) is 3.92. The van der Waals surface area contributed by atoms with Gasteiger partial charge in [0.15, 0.2) is 0 Å². The molecular weight excluding hydrogens is 292 g/mol. The average Bonchev–Trinajstić information content (AvgIpc) is 2.49. The van der Waals surface area contributed by atoms with E-state index in [1.54, 1.807) is 7.11 Å². The van der Waals surface area contributed by atoms with Crippen LogP contribution < -0.4 is 16.0 Å². The van der Waals surface area contributed by atoms with Gasteiger partial charge in [-0.3, -0.25) is 11.3 Å². The van der Waals surface area contributed by atoms with E-state index >= 15 is 0 Å². The Bertz CT molecular complexity index is 424. The first kappa shape index (κ1) is 16.0. The van der Waals surface area contributed by atoms with Gasteiger partial charge in [-0.15, -0.1) is 0 Å². The highest BCUT2D eigenvalue weighted by molar-refractivity contribution is 7.99. The molecule has 1 aliphatic rings. The molecule has 0 saturated heterocycles. The molecule has 2 rings (SSSR count). The van der Waals surface area contributed by atoms with Crippen LogP contribution in [0, 0.1) is 0 Å². The molecular formula is C15H23ClN2OS. The Morgan fingerprint density at radius 2 is 2.15 bits per heavy atom. The minimum Gasteiger partial charge on any atom is -0.496 e. The summed E-state index contributed by atoms with van der Waals surface area (Å²) in [5.74, 6) is 7.51. The summed E-state index contributed by atoms with van der Waals surface area (Å²) in [5, 5.41) is 1.48. The van der Waals surface area contributed by atoms with Crippen molar-refractivity contribution in [1.82, 2.24) is 5.43 Å². The van der Waals surface area contributed by atoms with E-state index in [4.69, 9.17) is 22.2 Å². The summed E-state index contributed by atoms with van der Waals surface area (Å²) in [6.07, 6.45) is 6.76. The third-order valence-corrected chi connectivity index (χ3v) is 5.52. The standard InChI is InChI=1S/C15H23ClN2OS/c1-19-15-8-7-11(16)9-13(15)14(18-17)10-20-12-5-3-2-4-6-12/h7-9,12,14,18H,2-6,10,17H2,1H3. The van der Waals surface area contributed by atoms with Gasteiger partial charge in [-0.2, -0.15) is 11.8 Å². The summed E-state index contributed by atoms with van der Waals surface area (Å²) < 4.78 is 5.41. The molecule has 1 aromatic rings. The molecule has 1 aliphatic carbocycles. The van der Waals surface area contributed by atoms with E-state index in [1.807, 2.05) is 30.0 Å². The number of thioether (sulfide) groups is 1. The Kier molecular flexibility index (Phi) is 6.49. The second kappa shape index (κ2) is 8.13. The molecule has 0 bridgehead atoms. The van der Waals surface area contributed by atoms with E-state index in [2.05, 4.69) is 5.43 Å². The summed E-state index contributed by atoms with van der Waals surface area (Å²) in [7, 11) is 1.68. The van der Waals surface area contributed by atoms with Gasteiger partial charge in [-0.1, -0.05) is 30.9 Å². The smallest absolute Gasteiger partial charge is 0.123 e. The van der Waals surface area contributed by atoms with Crippen molar-refractivity contribution >= 4 is 23.4 Å². The van der Waals surface area contributed by atoms with Crippen LogP contribution in [-0.4, -0.2) is 18.1 Å². The molecule has 3 nitrogen and oxygen atoms in total.